The zero-order valence-corrected chi connectivity index (χ0v) is 16.6. The first kappa shape index (κ1) is 19.9. The molecule has 1 unspecified atom stereocenters. The minimum absolute atomic E-state index is 0.0893. The van der Waals surface area contributed by atoms with Gasteiger partial charge >= 0.3 is 5.97 Å². The number of carboxylic acids is 1. The number of fused-ring (bicyclic) bond motifs is 1. The summed E-state index contributed by atoms with van der Waals surface area (Å²) >= 11 is 0. The van der Waals surface area contributed by atoms with Gasteiger partial charge in [-0.1, -0.05) is 18.2 Å². The molecule has 0 bridgehead atoms. The van der Waals surface area contributed by atoms with E-state index in [4.69, 9.17) is 14.6 Å². The van der Waals surface area contributed by atoms with Crippen LogP contribution in [-0.2, 0) is 17.6 Å². The molecule has 0 spiro atoms. The highest BCUT2D eigenvalue weighted by Crippen LogP contribution is 2.36. The van der Waals surface area contributed by atoms with Gasteiger partial charge in [-0.25, -0.2) is 4.39 Å². The largest absolute Gasteiger partial charge is 0.497 e. The summed E-state index contributed by atoms with van der Waals surface area (Å²) in [6.07, 6.45) is 3.66. The van der Waals surface area contributed by atoms with Crippen molar-refractivity contribution in [1.82, 2.24) is 4.98 Å². The van der Waals surface area contributed by atoms with Gasteiger partial charge in [-0.05, 0) is 60.7 Å². The second kappa shape index (κ2) is 8.53. The normalized spacial score (nSPS) is 15.2. The van der Waals surface area contributed by atoms with Crippen molar-refractivity contribution < 1.29 is 23.8 Å². The van der Waals surface area contributed by atoms with E-state index in [9.17, 15) is 9.18 Å². The molecule has 30 heavy (non-hydrogen) atoms. The van der Waals surface area contributed by atoms with Crippen LogP contribution < -0.4 is 9.47 Å². The van der Waals surface area contributed by atoms with Crippen LogP contribution >= 0.6 is 0 Å². The molecule has 4 rings (SSSR count). The number of halogens is 1. The van der Waals surface area contributed by atoms with Crippen LogP contribution in [-0.4, -0.2) is 23.2 Å². The highest BCUT2D eigenvalue weighted by molar-refractivity contribution is 5.67. The van der Waals surface area contributed by atoms with Crippen LogP contribution in [0, 0.1) is 5.82 Å². The molecule has 1 N–H and O–H groups in total. The Kier molecular flexibility index (Phi) is 5.65. The number of aromatic nitrogens is 1. The average Bonchev–Trinajstić information content (AvgIpc) is 2.77. The summed E-state index contributed by atoms with van der Waals surface area (Å²) in [5, 5.41) is 8.89. The predicted octanol–water partition coefficient (Wildman–Crippen LogP) is 4.98. The van der Waals surface area contributed by atoms with Crippen LogP contribution in [0.15, 0.2) is 54.7 Å². The number of benzene rings is 2. The van der Waals surface area contributed by atoms with Gasteiger partial charge in [-0.2, -0.15) is 0 Å². The fraction of sp³-hybridized carbons (Fsp3) is 0.250. The fourth-order valence-corrected chi connectivity index (χ4v) is 3.64. The van der Waals surface area contributed by atoms with Gasteiger partial charge in [0.1, 0.15) is 23.4 Å². The lowest BCUT2D eigenvalue weighted by Crippen LogP contribution is -2.16. The summed E-state index contributed by atoms with van der Waals surface area (Å²) in [7, 11) is 1.55. The molecular formula is C24H22FNO4. The first-order valence-electron chi connectivity index (χ1n) is 9.83. The molecule has 5 nitrogen and oxygen atoms in total. The lowest BCUT2D eigenvalue weighted by molar-refractivity contribution is -0.136. The Morgan fingerprint density at radius 3 is 2.83 bits per heavy atom. The van der Waals surface area contributed by atoms with E-state index in [-0.39, 0.29) is 18.3 Å². The highest BCUT2D eigenvalue weighted by atomic mass is 19.1. The Morgan fingerprint density at radius 1 is 1.23 bits per heavy atom. The molecule has 1 aromatic heterocycles. The number of pyridine rings is 1. The standard InChI is InChI=1S/C24H22FNO4/c1-29-18-7-8-20(25)19(13-18)17-5-9-21(26-14-17)22-10-6-16-4-2-15(3-11-24(27)28)12-23(16)30-22/h2,4-5,7-9,12-14,22H,3,6,10-11H2,1H3,(H,27,28). The second-order valence-electron chi connectivity index (χ2n) is 7.30. The van der Waals surface area contributed by atoms with E-state index in [2.05, 4.69) is 4.98 Å². The lowest BCUT2D eigenvalue weighted by atomic mass is 9.97. The van der Waals surface area contributed by atoms with Crippen molar-refractivity contribution in [3.8, 4) is 22.6 Å². The van der Waals surface area contributed by atoms with Crippen LogP contribution in [0.2, 0.25) is 0 Å². The summed E-state index contributed by atoms with van der Waals surface area (Å²) in [5.74, 6) is 0.214. The van der Waals surface area contributed by atoms with E-state index in [1.54, 1.807) is 25.4 Å². The van der Waals surface area contributed by atoms with Gasteiger partial charge in [-0.15, -0.1) is 0 Å². The first-order valence-corrected chi connectivity index (χ1v) is 9.83. The third-order valence-electron chi connectivity index (χ3n) is 5.30. The van der Waals surface area contributed by atoms with E-state index in [1.807, 2.05) is 30.3 Å². The maximum atomic E-state index is 14.2. The van der Waals surface area contributed by atoms with Crippen LogP contribution in [0.5, 0.6) is 11.5 Å². The Hall–Kier alpha value is -3.41. The van der Waals surface area contributed by atoms with Crippen LogP contribution in [0.3, 0.4) is 0 Å². The Morgan fingerprint density at radius 2 is 2.10 bits per heavy atom. The average molecular weight is 407 g/mol. The molecule has 1 aliphatic heterocycles. The molecule has 6 heteroatoms. The molecule has 154 valence electrons. The van der Waals surface area contributed by atoms with E-state index < -0.39 is 5.97 Å². The second-order valence-corrected chi connectivity index (χ2v) is 7.30. The van der Waals surface area contributed by atoms with E-state index in [1.165, 1.54) is 6.07 Å². The zero-order valence-electron chi connectivity index (χ0n) is 16.6. The number of hydrogen-bond acceptors (Lipinski definition) is 4. The van der Waals surface area contributed by atoms with Crippen molar-refractivity contribution in [3.05, 3.63) is 77.4 Å². The molecule has 1 aliphatic rings. The maximum absolute atomic E-state index is 14.2. The van der Waals surface area contributed by atoms with Crippen LogP contribution in [0.1, 0.15) is 35.8 Å². The number of methoxy groups -OCH3 is 1. The zero-order chi connectivity index (χ0) is 21.1. The van der Waals surface area contributed by atoms with Gasteiger partial charge in [0.15, 0.2) is 0 Å². The summed E-state index contributed by atoms with van der Waals surface area (Å²) in [6, 6.07) is 14.2. The van der Waals surface area contributed by atoms with Crippen molar-refractivity contribution in [2.24, 2.45) is 0 Å². The molecule has 2 heterocycles. The Labute approximate surface area is 174 Å². The first-order chi connectivity index (χ1) is 14.5. The van der Waals surface area contributed by atoms with Crippen molar-refractivity contribution in [2.45, 2.75) is 31.8 Å². The van der Waals surface area contributed by atoms with Crippen molar-refractivity contribution in [2.75, 3.05) is 7.11 Å². The monoisotopic (exact) mass is 407 g/mol. The van der Waals surface area contributed by atoms with E-state index >= 15 is 0 Å². The number of rotatable bonds is 6. The fourth-order valence-electron chi connectivity index (χ4n) is 3.64. The summed E-state index contributed by atoms with van der Waals surface area (Å²) in [6.45, 7) is 0. The third kappa shape index (κ3) is 4.27. The number of carbonyl (C=O) groups is 1. The number of aliphatic carboxylic acids is 1. The molecule has 0 amide bonds. The quantitative estimate of drug-likeness (QED) is 0.624. The number of ether oxygens (including phenoxy) is 2. The smallest absolute Gasteiger partial charge is 0.303 e. The molecule has 0 aliphatic carbocycles. The van der Waals surface area contributed by atoms with E-state index in [0.29, 0.717) is 23.3 Å². The maximum Gasteiger partial charge on any atom is 0.303 e. The van der Waals surface area contributed by atoms with Crippen LogP contribution in [0.25, 0.3) is 11.1 Å². The summed E-state index contributed by atoms with van der Waals surface area (Å²) < 4.78 is 25.6. The third-order valence-corrected chi connectivity index (χ3v) is 5.30. The SMILES string of the molecule is COc1ccc(F)c(-c2ccc(C3CCc4ccc(CCC(=O)O)cc4O3)nc2)c1. The van der Waals surface area contributed by atoms with Gasteiger partial charge in [0.25, 0.3) is 0 Å². The molecule has 0 fully saturated rings. The van der Waals surface area contributed by atoms with Crippen molar-refractivity contribution in [3.63, 3.8) is 0 Å². The van der Waals surface area contributed by atoms with Gasteiger partial charge < -0.3 is 14.6 Å². The molecule has 0 radical (unpaired) electrons. The Balaban J connectivity index is 1.52. The molecule has 3 aromatic rings. The van der Waals surface area contributed by atoms with Crippen molar-refractivity contribution >= 4 is 5.97 Å². The Bertz CT molecular complexity index is 1070. The van der Waals surface area contributed by atoms with Gasteiger partial charge in [-0.3, -0.25) is 9.78 Å². The molecule has 0 saturated carbocycles. The molecule has 0 saturated heterocycles. The number of hydrogen-bond donors (Lipinski definition) is 1. The summed E-state index contributed by atoms with van der Waals surface area (Å²) in [5.41, 5.74) is 3.94. The summed E-state index contributed by atoms with van der Waals surface area (Å²) in [4.78, 5) is 15.3. The highest BCUT2D eigenvalue weighted by Gasteiger charge is 2.23. The van der Waals surface area contributed by atoms with Gasteiger partial charge in [0.05, 0.1) is 12.8 Å². The molecular weight excluding hydrogens is 385 g/mol. The van der Waals surface area contributed by atoms with E-state index in [0.717, 1.165) is 35.4 Å². The minimum Gasteiger partial charge on any atom is -0.497 e. The van der Waals surface area contributed by atoms with Gasteiger partial charge in [0.2, 0.25) is 0 Å². The molecule has 1 atom stereocenters. The topological polar surface area (TPSA) is 68.7 Å². The van der Waals surface area contributed by atoms with Gasteiger partial charge in [0, 0.05) is 23.7 Å². The number of nitrogens with zero attached hydrogens (tertiary/aromatic N) is 1. The van der Waals surface area contributed by atoms with Crippen molar-refractivity contribution in [1.29, 1.82) is 0 Å². The lowest BCUT2D eigenvalue weighted by Gasteiger charge is -2.26. The predicted molar refractivity (Wildman–Crippen MR) is 110 cm³/mol. The minimum atomic E-state index is -0.816. The van der Waals surface area contributed by atoms with Crippen LogP contribution in [0.4, 0.5) is 4.39 Å². The number of aryl methyl sites for hydroxylation is 2. The molecule has 2 aromatic carbocycles. The number of carboxylic acid groups (broad SMARTS) is 1.